The fourth-order valence-corrected chi connectivity index (χ4v) is 3.83. The number of nitrogens with one attached hydrogen (secondary N) is 2. The molecule has 1 aromatic rings. The molecule has 0 spiro atoms. The molecule has 0 saturated carbocycles. The Morgan fingerprint density at radius 3 is 2.88 bits per heavy atom. The van der Waals surface area contributed by atoms with Gasteiger partial charge in [0.05, 0.1) is 11.6 Å². The standard InChI is InChI=1S/C17H22N4O3S/c1-25-14-8-12-10(4-5-15(22)19-12)7-13(14)20-17(24)21-6-2-3-11(9-21)16(18)23/h7-8,11H,2-6,9H2,1H3,(H2,18,23)(H,19,22)(H,20,24)/t11-/m0/s1. The molecule has 0 aliphatic carbocycles. The van der Waals surface area contributed by atoms with E-state index in [1.165, 1.54) is 11.8 Å². The van der Waals surface area contributed by atoms with E-state index in [1.54, 1.807) is 4.90 Å². The van der Waals surface area contributed by atoms with Crippen LogP contribution in [0.25, 0.3) is 0 Å². The minimum atomic E-state index is -0.355. The van der Waals surface area contributed by atoms with Crippen LogP contribution in [0.1, 0.15) is 24.8 Å². The van der Waals surface area contributed by atoms with Crippen molar-refractivity contribution in [3.8, 4) is 0 Å². The Morgan fingerprint density at radius 2 is 2.16 bits per heavy atom. The normalized spacial score (nSPS) is 19.8. The van der Waals surface area contributed by atoms with Crippen LogP contribution in [0.4, 0.5) is 16.2 Å². The highest BCUT2D eigenvalue weighted by molar-refractivity contribution is 7.98. The highest BCUT2D eigenvalue weighted by atomic mass is 32.2. The number of hydrogen-bond acceptors (Lipinski definition) is 4. The van der Waals surface area contributed by atoms with E-state index >= 15 is 0 Å². The van der Waals surface area contributed by atoms with Gasteiger partial charge in [0.1, 0.15) is 0 Å². The van der Waals surface area contributed by atoms with Crippen LogP contribution in [0.3, 0.4) is 0 Å². The molecule has 25 heavy (non-hydrogen) atoms. The largest absolute Gasteiger partial charge is 0.369 e. The lowest BCUT2D eigenvalue weighted by atomic mass is 9.98. The molecule has 7 nitrogen and oxygen atoms in total. The summed E-state index contributed by atoms with van der Waals surface area (Å²) in [6.45, 7) is 0.974. The lowest BCUT2D eigenvalue weighted by Gasteiger charge is -2.31. The van der Waals surface area contributed by atoms with E-state index in [-0.39, 0.29) is 23.8 Å². The highest BCUT2D eigenvalue weighted by Crippen LogP contribution is 2.34. The van der Waals surface area contributed by atoms with Gasteiger partial charge in [-0.1, -0.05) is 0 Å². The van der Waals surface area contributed by atoms with Crippen molar-refractivity contribution in [3.05, 3.63) is 17.7 Å². The third kappa shape index (κ3) is 3.89. The molecule has 1 saturated heterocycles. The van der Waals surface area contributed by atoms with Gasteiger partial charge in [-0.05, 0) is 43.2 Å². The van der Waals surface area contributed by atoms with Gasteiger partial charge >= 0.3 is 6.03 Å². The molecule has 1 atom stereocenters. The van der Waals surface area contributed by atoms with Crippen LogP contribution < -0.4 is 16.4 Å². The van der Waals surface area contributed by atoms with E-state index in [0.29, 0.717) is 25.9 Å². The number of amides is 4. The van der Waals surface area contributed by atoms with Crippen molar-refractivity contribution in [3.63, 3.8) is 0 Å². The zero-order valence-electron chi connectivity index (χ0n) is 14.1. The third-order valence-corrected chi connectivity index (χ3v) is 5.45. The Bertz CT molecular complexity index is 722. The van der Waals surface area contributed by atoms with E-state index in [9.17, 15) is 14.4 Å². The van der Waals surface area contributed by atoms with E-state index in [1.807, 2.05) is 18.4 Å². The van der Waals surface area contributed by atoms with E-state index in [4.69, 9.17) is 5.73 Å². The van der Waals surface area contributed by atoms with Gasteiger partial charge in [-0.3, -0.25) is 9.59 Å². The second-order valence-corrected chi connectivity index (χ2v) is 7.22. The average Bonchev–Trinajstić information content (AvgIpc) is 2.61. The van der Waals surface area contributed by atoms with Crippen molar-refractivity contribution >= 4 is 41.0 Å². The first kappa shape index (κ1) is 17.6. The number of benzene rings is 1. The summed E-state index contributed by atoms with van der Waals surface area (Å²) >= 11 is 1.50. The molecule has 3 rings (SSSR count). The van der Waals surface area contributed by atoms with E-state index in [2.05, 4.69) is 10.6 Å². The van der Waals surface area contributed by atoms with Crippen LogP contribution >= 0.6 is 11.8 Å². The maximum atomic E-state index is 12.6. The second-order valence-electron chi connectivity index (χ2n) is 6.38. The van der Waals surface area contributed by atoms with Crippen LogP contribution in [0.15, 0.2) is 17.0 Å². The number of fused-ring (bicyclic) bond motifs is 1. The van der Waals surface area contributed by atoms with Gasteiger partial charge in [-0.15, -0.1) is 11.8 Å². The van der Waals surface area contributed by atoms with Crippen molar-refractivity contribution in [1.82, 2.24) is 4.90 Å². The summed E-state index contributed by atoms with van der Waals surface area (Å²) in [5.41, 5.74) is 7.94. The van der Waals surface area contributed by atoms with Crippen LogP contribution in [0.2, 0.25) is 0 Å². The van der Waals surface area contributed by atoms with Crippen molar-refractivity contribution in [1.29, 1.82) is 0 Å². The van der Waals surface area contributed by atoms with Crippen LogP contribution in [0, 0.1) is 5.92 Å². The minimum Gasteiger partial charge on any atom is -0.369 e. The summed E-state index contributed by atoms with van der Waals surface area (Å²) < 4.78 is 0. The Hall–Kier alpha value is -2.22. The molecule has 0 radical (unpaired) electrons. The van der Waals surface area contributed by atoms with Crippen molar-refractivity contribution in [2.75, 3.05) is 30.0 Å². The summed E-state index contributed by atoms with van der Waals surface area (Å²) in [5.74, 6) is -0.618. The van der Waals surface area contributed by atoms with E-state index in [0.717, 1.165) is 34.7 Å². The first-order chi connectivity index (χ1) is 12.0. The number of carbonyl (C=O) groups excluding carboxylic acids is 3. The Balaban J connectivity index is 1.76. The maximum absolute atomic E-state index is 12.6. The Kier molecular flexibility index (Phi) is 5.17. The predicted molar refractivity (Wildman–Crippen MR) is 97.7 cm³/mol. The number of nitrogens with zero attached hydrogens (tertiary/aromatic N) is 1. The number of nitrogens with two attached hydrogens (primary N) is 1. The number of anilines is 2. The quantitative estimate of drug-likeness (QED) is 0.716. The fourth-order valence-electron chi connectivity index (χ4n) is 3.26. The first-order valence-electron chi connectivity index (χ1n) is 8.34. The first-order valence-corrected chi connectivity index (χ1v) is 9.56. The number of urea groups is 1. The molecule has 4 amide bonds. The molecule has 1 fully saturated rings. The van der Waals surface area contributed by atoms with Crippen molar-refractivity contribution in [2.45, 2.75) is 30.6 Å². The second kappa shape index (κ2) is 7.35. The monoisotopic (exact) mass is 362 g/mol. The third-order valence-electron chi connectivity index (χ3n) is 4.67. The lowest BCUT2D eigenvalue weighted by Crippen LogP contribution is -2.45. The number of likely N-dealkylation sites (tertiary alicyclic amines) is 1. The summed E-state index contributed by atoms with van der Waals surface area (Å²) in [7, 11) is 0. The summed E-state index contributed by atoms with van der Waals surface area (Å²) in [4.78, 5) is 38.1. The molecule has 0 aromatic heterocycles. The minimum absolute atomic E-state index is 0.0159. The smallest absolute Gasteiger partial charge is 0.321 e. The zero-order chi connectivity index (χ0) is 18.0. The van der Waals surface area contributed by atoms with Crippen LogP contribution in [-0.2, 0) is 16.0 Å². The average molecular weight is 362 g/mol. The van der Waals surface area contributed by atoms with Crippen LogP contribution in [0.5, 0.6) is 0 Å². The summed E-state index contributed by atoms with van der Waals surface area (Å²) in [6, 6.07) is 3.60. The Labute approximate surface area is 150 Å². The lowest BCUT2D eigenvalue weighted by molar-refractivity contribution is -0.123. The molecule has 1 aromatic carbocycles. The van der Waals surface area contributed by atoms with E-state index < -0.39 is 0 Å². The van der Waals surface area contributed by atoms with Gasteiger partial charge in [0.15, 0.2) is 0 Å². The molecule has 2 aliphatic rings. The van der Waals surface area contributed by atoms with Gasteiger partial charge in [0.2, 0.25) is 11.8 Å². The van der Waals surface area contributed by atoms with Gasteiger partial charge < -0.3 is 21.3 Å². The number of primary amides is 1. The number of carbonyl (C=O) groups is 3. The van der Waals surface area contributed by atoms with Crippen molar-refractivity contribution in [2.24, 2.45) is 11.7 Å². The molecule has 2 heterocycles. The van der Waals surface area contributed by atoms with Gasteiger partial charge in [-0.25, -0.2) is 4.79 Å². The number of hydrogen-bond donors (Lipinski definition) is 3. The molecular formula is C17H22N4O3S. The topological polar surface area (TPSA) is 105 Å². The van der Waals surface area contributed by atoms with Gasteiger partial charge in [0.25, 0.3) is 0 Å². The zero-order valence-corrected chi connectivity index (χ0v) is 14.9. The molecular weight excluding hydrogens is 340 g/mol. The highest BCUT2D eigenvalue weighted by Gasteiger charge is 2.27. The molecule has 4 N–H and O–H groups in total. The molecule has 8 heteroatoms. The Morgan fingerprint density at radius 1 is 1.36 bits per heavy atom. The molecule has 134 valence electrons. The summed E-state index contributed by atoms with van der Waals surface area (Å²) in [6.07, 6.45) is 4.53. The van der Waals surface area contributed by atoms with Crippen LogP contribution in [-0.4, -0.2) is 42.1 Å². The predicted octanol–water partition coefficient (Wildman–Crippen LogP) is 2.02. The number of piperidine rings is 1. The van der Waals surface area contributed by atoms with Gasteiger partial charge in [-0.2, -0.15) is 0 Å². The number of thioether (sulfide) groups is 1. The van der Waals surface area contributed by atoms with Gasteiger partial charge in [0, 0.05) is 30.1 Å². The SMILES string of the molecule is CSc1cc2c(cc1NC(=O)N1CCC[C@H](C(N)=O)C1)CCC(=O)N2. The maximum Gasteiger partial charge on any atom is 0.321 e. The number of rotatable bonds is 3. The fraction of sp³-hybridized carbons (Fsp3) is 0.471. The van der Waals surface area contributed by atoms with Crippen molar-refractivity contribution < 1.29 is 14.4 Å². The number of aryl methyl sites for hydroxylation is 1. The molecule has 2 aliphatic heterocycles. The molecule has 0 unspecified atom stereocenters. The molecule has 0 bridgehead atoms. The summed E-state index contributed by atoms with van der Waals surface area (Å²) in [5, 5.41) is 5.82.